The third-order valence-corrected chi connectivity index (χ3v) is 3.48. The second-order valence-electron chi connectivity index (χ2n) is 4.99. The lowest BCUT2D eigenvalue weighted by atomic mass is 10.1. The third kappa shape index (κ3) is 3.29. The molecule has 1 heterocycles. The molecule has 2 rings (SSSR count). The van der Waals surface area contributed by atoms with Crippen LogP contribution >= 0.6 is 0 Å². The maximum absolute atomic E-state index is 12.2. The summed E-state index contributed by atoms with van der Waals surface area (Å²) in [6.07, 6.45) is 6.11. The van der Waals surface area contributed by atoms with Gasteiger partial charge in [0.25, 0.3) is 0 Å². The molecule has 1 amide bonds. The lowest BCUT2D eigenvalue weighted by Gasteiger charge is -2.20. The first-order valence-corrected chi connectivity index (χ1v) is 7.20. The molecular weight excluding hydrogens is 248 g/mol. The van der Waals surface area contributed by atoms with Crippen molar-refractivity contribution in [2.45, 2.75) is 26.2 Å². The Labute approximate surface area is 120 Å². The highest BCUT2D eigenvalue weighted by Gasteiger charge is 2.12. The van der Waals surface area contributed by atoms with Gasteiger partial charge in [0.1, 0.15) is 0 Å². The monoisotopic (exact) mass is 270 g/mol. The van der Waals surface area contributed by atoms with E-state index in [2.05, 4.69) is 30.6 Å². The number of carbonyl (C=O) groups excluding carboxylic acids is 1. The fourth-order valence-electron chi connectivity index (χ4n) is 2.48. The standard InChI is InChI=1S/C17H22N2O/c1-3-11-19(12-4-2)17(20)10-9-14-13-18-16-8-6-5-7-15(14)16/h3,5-8,13,18H,1,4,9-12H2,2H3. The van der Waals surface area contributed by atoms with Gasteiger partial charge in [-0.15, -0.1) is 6.58 Å². The summed E-state index contributed by atoms with van der Waals surface area (Å²) >= 11 is 0. The van der Waals surface area contributed by atoms with Crippen LogP contribution in [0.1, 0.15) is 25.3 Å². The van der Waals surface area contributed by atoms with E-state index in [9.17, 15) is 4.79 Å². The maximum Gasteiger partial charge on any atom is 0.223 e. The molecule has 0 saturated carbocycles. The van der Waals surface area contributed by atoms with E-state index in [1.807, 2.05) is 23.2 Å². The van der Waals surface area contributed by atoms with Gasteiger partial charge < -0.3 is 9.88 Å². The summed E-state index contributed by atoms with van der Waals surface area (Å²) in [4.78, 5) is 17.3. The van der Waals surface area contributed by atoms with E-state index in [1.165, 1.54) is 10.9 Å². The van der Waals surface area contributed by atoms with Crippen LogP contribution < -0.4 is 0 Å². The molecular formula is C17H22N2O. The molecule has 106 valence electrons. The van der Waals surface area contributed by atoms with E-state index in [1.54, 1.807) is 6.08 Å². The number of H-pyrrole nitrogens is 1. The van der Waals surface area contributed by atoms with Gasteiger partial charge in [-0.25, -0.2) is 0 Å². The molecule has 0 unspecified atom stereocenters. The molecule has 0 atom stereocenters. The summed E-state index contributed by atoms with van der Waals surface area (Å²) in [7, 11) is 0. The molecule has 1 N–H and O–H groups in total. The number of benzene rings is 1. The normalized spacial score (nSPS) is 10.7. The Morgan fingerprint density at radius 3 is 2.95 bits per heavy atom. The molecule has 1 aromatic carbocycles. The average molecular weight is 270 g/mol. The van der Waals surface area contributed by atoms with Crippen LogP contribution in [0.4, 0.5) is 0 Å². The Bertz CT molecular complexity index is 585. The van der Waals surface area contributed by atoms with Crippen LogP contribution in [0.15, 0.2) is 43.1 Å². The number of rotatable bonds is 7. The summed E-state index contributed by atoms with van der Waals surface area (Å²) < 4.78 is 0. The van der Waals surface area contributed by atoms with E-state index in [4.69, 9.17) is 0 Å². The van der Waals surface area contributed by atoms with Gasteiger partial charge in [0.2, 0.25) is 5.91 Å². The Balaban J connectivity index is 2.00. The number of aromatic amines is 1. The smallest absolute Gasteiger partial charge is 0.223 e. The predicted octanol–water partition coefficient (Wildman–Crippen LogP) is 3.53. The summed E-state index contributed by atoms with van der Waals surface area (Å²) in [5.74, 6) is 0.206. The molecule has 20 heavy (non-hydrogen) atoms. The molecule has 3 heteroatoms. The number of nitrogens with zero attached hydrogens (tertiary/aromatic N) is 1. The first kappa shape index (κ1) is 14.4. The zero-order valence-corrected chi connectivity index (χ0v) is 12.1. The highest BCUT2D eigenvalue weighted by atomic mass is 16.2. The summed E-state index contributed by atoms with van der Waals surface area (Å²) in [5.41, 5.74) is 2.34. The first-order valence-electron chi connectivity index (χ1n) is 7.20. The van der Waals surface area contributed by atoms with E-state index in [0.717, 1.165) is 24.9 Å². The lowest BCUT2D eigenvalue weighted by molar-refractivity contribution is -0.130. The van der Waals surface area contributed by atoms with Gasteiger partial charge in [-0.2, -0.15) is 0 Å². The molecule has 0 fully saturated rings. The minimum Gasteiger partial charge on any atom is -0.361 e. The van der Waals surface area contributed by atoms with Gasteiger partial charge in [0, 0.05) is 36.6 Å². The van der Waals surface area contributed by atoms with Gasteiger partial charge in [-0.05, 0) is 24.5 Å². The quantitative estimate of drug-likeness (QED) is 0.768. The van der Waals surface area contributed by atoms with E-state index < -0.39 is 0 Å². The summed E-state index contributed by atoms with van der Waals surface area (Å²) in [5, 5.41) is 1.21. The Morgan fingerprint density at radius 1 is 1.40 bits per heavy atom. The van der Waals surface area contributed by atoms with Crippen LogP contribution in [0.25, 0.3) is 10.9 Å². The zero-order valence-electron chi connectivity index (χ0n) is 12.1. The minimum atomic E-state index is 0.206. The Morgan fingerprint density at radius 2 is 2.20 bits per heavy atom. The number of fused-ring (bicyclic) bond motifs is 1. The number of nitrogens with one attached hydrogen (secondary N) is 1. The number of carbonyl (C=O) groups is 1. The van der Waals surface area contributed by atoms with Crippen LogP contribution in [0.3, 0.4) is 0 Å². The van der Waals surface area contributed by atoms with Crippen molar-refractivity contribution >= 4 is 16.8 Å². The first-order chi connectivity index (χ1) is 9.76. The molecule has 0 bridgehead atoms. The highest BCUT2D eigenvalue weighted by Crippen LogP contribution is 2.19. The van der Waals surface area contributed by atoms with Crippen LogP contribution in [0.5, 0.6) is 0 Å². The molecule has 0 radical (unpaired) electrons. The zero-order chi connectivity index (χ0) is 14.4. The predicted molar refractivity (Wildman–Crippen MR) is 83.7 cm³/mol. The second kappa shape index (κ2) is 6.94. The fraction of sp³-hybridized carbons (Fsp3) is 0.353. The number of para-hydroxylation sites is 1. The number of hydrogen-bond acceptors (Lipinski definition) is 1. The van der Waals surface area contributed by atoms with E-state index in [-0.39, 0.29) is 5.91 Å². The van der Waals surface area contributed by atoms with Crippen LogP contribution in [0.2, 0.25) is 0 Å². The number of amides is 1. The second-order valence-corrected chi connectivity index (χ2v) is 4.99. The lowest BCUT2D eigenvalue weighted by Crippen LogP contribution is -2.32. The van der Waals surface area contributed by atoms with Crippen LogP contribution in [-0.4, -0.2) is 28.9 Å². The summed E-state index contributed by atoms with van der Waals surface area (Å²) in [6.45, 7) is 7.25. The van der Waals surface area contributed by atoms with E-state index in [0.29, 0.717) is 13.0 Å². The van der Waals surface area contributed by atoms with Crippen molar-refractivity contribution < 1.29 is 4.79 Å². The van der Waals surface area contributed by atoms with Crippen molar-refractivity contribution in [2.75, 3.05) is 13.1 Å². The molecule has 0 aliphatic rings. The summed E-state index contributed by atoms with van der Waals surface area (Å²) in [6, 6.07) is 8.20. The fourth-order valence-corrected chi connectivity index (χ4v) is 2.48. The number of aryl methyl sites for hydroxylation is 1. The van der Waals surface area contributed by atoms with Gasteiger partial charge in [-0.3, -0.25) is 4.79 Å². The Kier molecular flexibility index (Phi) is 4.99. The van der Waals surface area contributed by atoms with Crippen molar-refractivity contribution in [3.63, 3.8) is 0 Å². The van der Waals surface area contributed by atoms with Gasteiger partial charge in [0.05, 0.1) is 0 Å². The van der Waals surface area contributed by atoms with Crippen molar-refractivity contribution in [3.8, 4) is 0 Å². The van der Waals surface area contributed by atoms with Crippen molar-refractivity contribution in [3.05, 3.63) is 48.7 Å². The molecule has 0 saturated heterocycles. The van der Waals surface area contributed by atoms with Gasteiger partial charge in [-0.1, -0.05) is 31.2 Å². The molecule has 0 aliphatic heterocycles. The van der Waals surface area contributed by atoms with Gasteiger partial charge in [0.15, 0.2) is 0 Å². The third-order valence-electron chi connectivity index (χ3n) is 3.48. The molecule has 1 aromatic heterocycles. The van der Waals surface area contributed by atoms with Crippen molar-refractivity contribution in [2.24, 2.45) is 0 Å². The number of aromatic nitrogens is 1. The van der Waals surface area contributed by atoms with Gasteiger partial charge >= 0.3 is 0 Å². The molecule has 3 nitrogen and oxygen atoms in total. The molecule has 0 spiro atoms. The Hall–Kier alpha value is -2.03. The van der Waals surface area contributed by atoms with Crippen molar-refractivity contribution in [1.29, 1.82) is 0 Å². The van der Waals surface area contributed by atoms with E-state index >= 15 is 0 Å². The molecule has 2 aromatic rings. The minimum absolute atomic E-state index is 0.206. The maximum atomic E-state index is 12.2. The van der Waals surface area contributed by atoms with Crippen LogP contribution in [0, 0.1) is 0 Å². The SMILES string of the molecule is C=CCN(CCC)C(=O)CCc1c[nH]c2ccccc12. The molecule has 0 aliphatic carbocycles. The number of hydrogen-bond donors (Lipinski definition) is 1. The highest BCUT2D eigenvalue weighted by molar-refractivity contribution is 5.84. The average Bonchev–Trinajstić information content (AvgIpc) is 2.88. The largest absolute Gasteiger partial charge is 0.361 e. The van der Waals surface area contributed by atoms with Crippen LogP contribution in [-0.2, 0) is 11.2 Å². The topological polar surface area (TPSA) is 36.1 Å². The van der Waals surface area contributed by atoms with Crippen molar-refractivity contribution in [1.82, 2.24) is 9.88 Å².